The predicted octanol–water partition coefficient (Wildman–Crippen LogP) is 0.0224. The van der Waals surface area contributed by atoms with Gasteiger partial charge in [0, 0.05) is 20.2 Å². The zero-order chi connectivity index (χ0) is 10.8. The molecule has 84 valence electrons. The molecule has 0 aliphatic carbocycles. The summed E-state index contributed by atoms with van der Waals surface area (Å²) in [5.41, 5.74) is 2.60. The van der Waals surface area contributed by atoms with Gasteiger partial charge in [0.15, 0.2) is 0 Å². The molecule has 0 fully saturated rings. The number of nitrogens with one attached hydrogen (secondary N) is 1. The van der Waals surface area contributed by atoms with E-state index in [2.05, 4.69) is 5.48 Å². The standard InChI is InChI=1S/C9H20N2O3/c1-4-11(5-2)9(12)8-10-14-7-6-13-3/h10H,4-8H2,1-3H3. The first kappa shape index (κ1) is 13.4. The second-order valence-corrected chi connectivity index (χ2v) is 2.73. The van der Waals surface area contributed by atoms with Gasteiger partial charge in [-0.1, -0.05) is 0 Å². The van der Waals surface area contributed by atoms with Crippen LogP contribution in [0.2, 0.25) is 0 Å². The molecule has 14 heavy (non-hydrogen) atoms. The molecule has 0 unspecified atom stereocenters. The lowest BCUT2D eigenvalue weighted by atomic mass is 10.4. The molecule has 1 amide bonds. The first-order valence-corrected chi connectivity index (χ1v) is 4.87. The molecule has 0 saturated carbocycles. The third kappa shape index (κ3) is 5.90. The Hall–Kier alpha value is -0.650. The summed E-state index contributed by atoms with van der Waals surface area (Å²) in [6.07, 6.45) is 0. The smallest absolute Gasteiger partial charge is 0.238 e. The van der Waals surface area contributed by atoms with Crippen LogP contribution >= 0.6 is 0 Å². The van der Waals surface area contributed by atoms with Crippen molar-refractivity contribution in [1.82, 2.24) is 10.4 Å². The minimum Gasteiger partial charge on any atom is -0.382 e. The highest BCUT2D eigenvalue weighted by Crippen LogP contribution is 1.87. The van der Waals surface area contributed by atoms with Crippen LogP contribution in [0.1, 0.15) is 13.8 Å². The van der Waals surface area contributed by atoms with E-state index in [9.17, 15) is 4.79 Å². The first-order valence-electron chi connectivity index (χ1n) is 4.87. The minimum atomic E-state index is 0.0485. The number of methoxy groups -OCH3 is 1. The van der Waals surface area contributed by atoms with Crippen molar-refractivity contribution in [2.75, 3.05) is 40.0 Å². The van der Waals surface area contributed by atoms with Gasteiger partial charge in [0.05, 0.1) is 13.2 Å². The van der Waals surface area contributed by atoms with Gasteiger partial charge in [-0.25, -0.2) is 0 Å². The number of hydroxylamine groups is 1. The molecule has 0 atom stereocenters. The number of hydrogen-bond donors (Lipinski definition) is 1. The summed E-state index contributed by atoms with van der Waals surface area (Å²) in [6.45, 7) is 6.55. The van der Waals surface area contributed by atoms with Crippen molar-refractivity contribution < 1.29 is 14.4 Å². The van der Waals surface area contributed by atoms with Crippen LogP contribution in [0.3, 0.4) is 0 Å². The molecular formula is C9H20N2O3. The molecule has 5 nitrogen and oxygen atoms in total. The average Bonchev–Trinajstić information content (AvgIpc) is 2.19. The van der Waals surface area contributed by atoms with Crippen LogP contribution in [0.15, 0.2) is 0 Å². The number of carbonyl (C=O) groups excluding carboxylic acids is 1. The fraction of sp³-hybridized carbons (Fsp3) is 0.889. The molecule has 0 aromatic carbocycles. The summed E-state index contributed by atoms with van der Waals surface area (Å²) in [5, 5.41) is 0. The zero-order valence-corrected chi connectivity index (χ0v) is 9.21. The van der Waals surface area contributed by atoms with Crippen LogP contribution in [0.5, 0.6) is 0 Å². The molecule has 1 N–H and O–H groups in total. The van der Waals surface area contributed by atoms with E-state index in [4.69, 9.17) is 9.57 Å². The van der Waals surface area contributed by atoms with E-state index >= 15 is 0 Å². The van der Waals surface area contributed by atoms with Crippen LogP contribution in [-0.4, -0.2) is 50.8 Å². The molecule has 0 aromatic heterocycles. The highest BCUT2D eigenvalue weighted by atomic mass is 16.7. The van der Waals surface area contributed by atoms with E-state index in [1.807, 2.05) is 13.8 Å². The Morgan fingerprint density at radius 2 is 1.93 bits per heavy atom. The van der Waals surface area contributed by atoms with Crippen LogP contribution in [-0.2, 0) is 14.4 Å². The van der Waals surface area contributed by atoms with Gasteiger partial charge in [-0.15, -0.1) is 0 Å². The molecule has 0 saturated heterocycles. The van der Waals surface area contributed by atoms with E-state index in [0.29, 0.717) is 13.2 Å². The minimum absolute atomic E-state index is 0.0485. The summed E-state index contributed by atoms with van der Waals surface area (Å²) < 4.78 is 4.78. The first-order chi connectivity index (χ1) is 6.76. The second-order valence-electron chi connectivity index (χ2n) is 2.73. The van der Waals surface area contributed by atoms with Crippen molar-refractivity contribution in [2.45, 2.75) is 13.8 Å². The molecule has 0 radical (unpaired) electrons. The number of ether oxygens (including phenoxy) is 1. The van der Waals surface area contributed by atoms with E-state index < -0.39 is 0 Å². The second kappa shape index (κ2) is 8.93. The fourth-order valence-electron chi connectivity index (χ4n) is 0.998. The Morgan fingerprint density at radius 1 is 1.29 bits per heavy atom. The molecule has 0 aliphatic rings. The van der Waals surface area contributed by atoms with Crippen LogP contribution < -0.4 is 5.48 Å². The van der Waals surface area contributed by atoms with Gasteiger partial charge < -0.3 is 9.64 Å². The topological polar surface area (TPSA) is 50.8 Å². The SMILES string of the molecule is CCN(CC)C(=O)CNOCCOC. The van der Waals surface area contributed by atoms with Gasteiger partial charge in [-0.2, -0.15) is 5.48 Å². The Morgan fingerprint density at radius 3 is 2.43 bits per heavy atom. The van der Waals surface area contributed by atoms with E-state index in [1.54, 1.807) is 12.0 Å². The van der Waals surface area contributed by atoms with Crippen molar-refractivity contribution >= 4 is 5.91 Å². The van der Waals surface area contributed by atoms with Gasteiger partial charge in [0.1, 0.15) is 6.54 Å². The van der Waals surface area contributed by atoms with Gasteiger partial charge in [-0.05, 0) is 13.8 Å². The quantitative estimate of drug-likeness (QED) is 0.447. The number of amides is 1. The van der Waals surface area contributed by atoms with Gasteiger partial charge in [0.25, 0.3) is 0 Å². The largest absolute Gasteiger partial charge is 0.382 e. The average molecular weight is 204 g/mol. The third-order valence-corrected chi connectivity index (χ3v) is 1.83. The molecule has 0 aliphatic heterocycles. The lowest BCUT2D eigenvalue weighted by molar-refractivity contribution is -0.132. The summed E-state index contributed by atoms with van der Waals surface area (Å²) in [4.78, 5) is 18.1. The summed E-state index contributed by atoms with van der Waals surface area (Å²) in [6, 6.07) is 0. The molecular weight excluding hydrogens is 184 g/mol. The van der Waals surface area contributed by atoms with E-state index in [0.717, 1.165) is 13.1 Å². The van der Waals surface area contributed by atoms with Crippen LogP contribution in [0.25, 0.3) is 0 Å². The van der Waals surface area contributed by atoms with Gasteiger partial charge in [-0.3, -0.25) is 9.63 Å². The van der Waals surface area contributed by atoms with Crippen LogP contribution in [0, 0.1) is 0 Å². The van der Waals surface area contributed by atoms with Gasteiger partial charge in [0.2, 0.25) is 5.91 Å². The maximum atomic E-state index is 11.4. The third-order valence-electron chi connectivity index (χ3n) is 1.83. The molecule has 0 spiro atoms. The van der Waals surface area contributed by atoms with Gasteiger partial charge >= 0.3 is 0 Å². The fourth-order valence-corrected chi connectivity index (χ4v) is 0.998. The number of hydrogen-bond acceptors (Lipinski definition) is 4. The molecule has 0 aromatic rings. The number of likely N-dealkylation sites (N-methyl/N-ethyl adjacent to an activating group) is 1. The van der Waals surface area contributed by atoms with Crippen molar-refractivity contribution in [1.29, 1.82) is 0 Å². The van der Waals surface area contributed by atoms with Crippen molar-refractivity contribution in [2.24, 2.45) is 0 Å². The van der Waals surface area contributed by atoms with E-state index in [-0.39, 0.29) is 12.5 Å². The maximum absolute atomic E-state index is 11.4. The Kier molecular flexibility index (Phi) is 8.51. The molecule has 0 heterocycles. The number of carbonyl (C=O) groups is 1. The molecule has 0 bridgehead atoms. The summed E-state index contributed by atoms with van der Waals surface area (Å²) in [5.74, 6) is 0.0485. The number of nitrogens with zero attached hydrogens (tertiary/aromatic N) is 1. The lowest BCUT2D eigenvalue weighted by Gasteiger charge is -2.18. The van der Waals surface area contributed by atoms with Crippen molar-refractivity contribution in [3.63, 3.8) is 0 Å². The monoisotopic (exact) mass is 204 g/mol. The summed E-state index contributed by atoms with van der Waals surface area (Å²) >= 11 is 0. The Balaban J connectivity index is 3.43. The highest BCUT2D eigenvalue weighted by molar-refractivity contribution is 5.77. The normalized spacial score (nSPS) is 10.2. The maximum Gasteiger partial charge on any atom is 0.238 e. The lowest BCUT2D eigenvalue weighted by Crippen LogP contribution is -2.38. The number of rotatable bonds is 8. The zero-order valence-electron chi connectivity index (χ0n) is 9.21. The van der Waals surface area contributed by atoms with Crippen LogP contribution in [0.4, 0.5) is 0 Å². The molecule has 0 rings (SSSR count). The highest BCUT2D eigenvalue weighted by Gasteiger charge is 2.07. The summed E-state index contributed by atoms with van der Waals surface area (Å²) in [7, 11) is 1.60. The van der Waals surface area contributed by atoms with E-state index in [1.165, 1.54) is 0 Å². The molecule has 5 heteroatoms. The van der Waals surface area contributed by atoms with Crippen molar-refractivity contribution in [3.8, 4) is 0 Å². The van der Waals surface area contributed by atoms with Crippen molar-refractivity contribution in [3.05, 3.63) is 0 Å². The Labute approximate surface area is 85.3 Å². The predicted molar refractivity (Wildman–Crippen MR) is 53.8 cm³/mol. The Bertz CT molecular complexity index is 149.